The first-order chi connectivity index (χ1) is 14.4. The molecule has 0 bridgehead atoms. The first-order valence-corrected chi connectivity index (χ1v) is 9.24. The lowest BCUT2D eigenvalue weighted by molar-refractivity contribution is 0.260. The highest BCUT2D eigenvalue weighted by Gasteiger charge is 2.25. The van der Waals surface area contributed by atoms with Crippen molar-refractivity contribution in [2.24, 2.45) is 10.7 Å². The van der Waals surface area contributed by atoms with E-state index in [1.807, 2.05) is 25.1 Å². The summed E-state index contributed by atoms with van der Waals surface area (Å²) in [6.45, 7) is 1.08. The second-order valence-corrected chi connectivity index (χ2v) is 6.82. The molecule has 0 spiro atoms. The third-order valence-corrected chi connectivity index (χ3v) is 4.40. The number of hydrogen-bond donors (Lipinski definition) is 1. The largest absolute Gasteiger partial charge is 0.489 e. The second-order valence-electron chi connectivity index (χ2n) is 6.82. The van der Waals surface area contributed by atoms with E-state index in [9.17, 15) is 9.65 Å². The standard InChI is InChI=1S/C21H23FN6O2/c1-27(2)7-8-30-19-10-16(12-25-18(19)11-23)28-13-17(20(29-3)26-21(28)24)14-5-4-6-15(22)9-14/h4-6,9-10,12-13,21H,7-8,24H2,1-3H3. The van der Waals surface area contributed by atoms with Crippen LogP contribution in [0.2, 0.25) is 0 Å². The average Bonchev–Trinajstić information content (AvgIpc) is 2.73. The minimum absolute atomic E-state index is 0.179. The van der Waals surface area contributed by atoms with Crippen molar-refractivity contribution >= 4 is 17.2 Å². The van der Waals surface area contributed by atoms with Gasteiger partial charge in [-0.15, -0.1) is 0 Å². The fourth-order valence-electron chi connectivity index (χ4n) is 2.87. The van der Waals surface area contributed by atoms with Crippen LogP contribution in [0.25, 0.3) is 5.57 Å². The smallest absolute Gasteiger partial charge is 0.221 e. The van der Waals surface area contributed by atoms with Crippen molar-refractivity contribution in [3.63, 3.8) is 0 Å². The predicted molar refractivity (Wildman–Crippen MR) is 112 cm³/mol. The third kappa shape index (κ3) is 4.74. The monoisotopic (exact) mass is 410 g/mol. The quantitative estimate of drug-likeness (QED) is 0.779. The number of ether oxygens (including phenoxy) is 2. The van der Waals surface area contributed by atoms with Crippen molar-refractivity contribution in [1.82, 2.24) is 9.88 Å². The predicted octanol–water partition coefficient (Wildman–Crippen LogP) is 2.18. The molecule has 156 valence electrons. The van der Waals surface area contributed by atoms with Crippen LogP contribution in [0.3, 0.4) is 0 Å². The second kappa shape index (κ2) is 9.35. The van der Waals surface area contributed by atoms with Gasteiger partial charge in [0.1, 0.15) is 18.5 Å². The number of nitrogens with two attached hydrogens (primary N) is 1. The molecule has 1 aromatic heterocycles. The topological polar surface area (TPSA) is 100 Å². The third-order valence-electron chi connectivity index (χ3n) is 4.40. The van der Waals surface area contributed by atoms with Crippen LogP contribution < -0.4 is 15.4 Å². The van der Waals surface area contributed by atoms with Gasteiger partial charge in [0, 0.05) is 18.8 Å². The van der Waals surface area contributed by atoms with Gasteiger partial charge in [-0.1, -0.05) is 12.1 Å². The highest BCUT2D eigenvalue weighted by atomic mass is 19.1. The van der Waals surface area contributed by atoms with Gasteiger partial charge in [0.25, 0.3) is 0 Å². The number of nitrogens with zero attached hydrogens (tertiary/aromatic N) is 5. The first kappa shape index (κ1) is 21.2. The SMILES string of the molecule is COC1=NC(N)N(c2cnc(C#N)c(OCCN(C)C)c2)C=C1c1cccc(F)c1. The molecule has 2 N–H and O–H groups in total. The van der Waals surface area contributed by atoms with E-state index >= 15 is 0 Å². The maximum Gasteiger partial charge on any atom is 0.221 e. The molecule has 1 unspecified atom stereocenters. The lowest BCUT2D eigenvalue weighted by Crippen LogP contribution is -2.41. The molecule has 0 saturated heterocycles. The Morgan fingerprint density at radius 3 is 2.80 bits per heavy atom. The molecule has 1 aliphatic rings. The van der Waals surface area contributed by atoms with Crippen LogP contribution in [0.15, 0.2) is 47.7 Å². The van der Waals surface area contributed by atoms with Gasteiger partial charge in [-0.05, 0) is 31.8 Å². The molecule has 0 amide bonds. The fraction of sp³-hybridized carbons (Fsp3) is 0.286. The fourth-order valence-corrected chi connectivity index (χ4v) is 2.87. The zero-order valence-electron chi connectivity index (χ0n) is 17.0. The van der Waals surface area contributed by atoms with Crippen molar-refractivity contribution in [3.8, 4) is 11.8 Å². The zero-order valence-corrected chi connectivity index (χ0v) is 17.0. The van der Waals surface area contributed by atoms with E-state index in [2.05, 4.69) is 9.98 Å². The van der Waals surface area contributed by atoms with Crippen molar-refractivity contribution in [3.05, 3.63) is 59.8 Å². The number of methoxy groups -OCH3 is 1. The number of anilines is 1. The maximum absolute atomic E-state index is 13.8. The van der Waals surface area contributed by atoms with Crippen LogP contribution in [-0.2, 0) is 4.74 Å². The Morgan fingerprint density at radius 2 is 2.13 bits per heavy atom. The van der Waals surface area contributed by atoms with Crippen LogP contribution in [0.4, 0.5) is 10.1 Å². The lowest BCUT2D eigenvalue weighted by Gasteiger charge is -2.30. The summed E-state index contributed by atoms with van der Waals surface area (Å²) in [5, 5.41) is 9.34. The number of nitriles is 1. The van der Waals surface area contributed by atoms with E-state index < -0.39 is 6.29 Å². The van der Waals surface area contributed by atoms with Crippen LogP contribution in [0, 0.1) is 17.1 Å². The molecule has 0 fully saturated rings. The van der Waals surface area contributed by atoms with Crippen molar-refractivity contribution in [2.45, 2.75) is 6.29 Å². The molecule has 0 radical (unpaired) electrons. The number of hydrogen-bond acceptors (Lipinski definition) is 8. The van der Waals surface area contributed by atoms with Crippen molar-refractivity contribution in [1.29, 1.82) is 5.26 Å². The Morgan fingerprint density at radius 1 is 1.33 bits per heavy atom. The summed E-state index contributed by atoms with van der Waals surface area (Å²) in [5.74, 6) is 0.279. The van der Waals surface area contributed by atoms with Gasteiger partial charge in [0.2, 0.25) is 5.90 Å². The zero-order chi connectivity index (χ0) is 21.7. The Bertz CT molecular complexity index is 1010. The van der Waals surface area contributed by atoms with Gasteiger partial charge in [0.05, 0.1) is 24.6 Å². The Balaban J connectivity index is 1.97. The van der Waals surface area contributed by atoms with Gasteiger partial charge < -0.3 is 19.3 Å². The maximum atomic E-state index is 13.8. The molecule has 1 aliphatic heterocycles. The van der Waals surface area contributed by atoms with Crippen molar-refractivity contribution < 1.29 is 13.9 Å². The van der Waals surface area contributed by atoms with E-state index in [4.69, 9.17) is 15.2 Å². The van der Waals surface area contributed by atoms with Crippen LogP contribution >= 0.6 is 0 Å². The highest BCUT2D eigenvalue weighted by molar-refractivity contribution is 6.20. The summed E-state index contributed by atoms with van der Waals surface area (Å²) in [4.78, 5) is 12.2. The molecule has 2 heterocycles. The molecule has 8 nitrogen and oxygen atoms in total. The number of likely N-dealkylation sites (N-methyl/N-ethyl adjacent to an activating group) is 1. The van der Waals surface area contributed by atoms with Gasteiger partial charge in [-0.25, -0.2) is 14.4 Å². The molecule has 30 heavy (non-hydrogen) atoms. The summed E-state index contributed by atoms with van der Waals surface area (Å²) >= 11 is 0. The minimum atomic E-state index is -0.790. The first-order valence-electron chi connectivity index (χ1n) is 9.24. The number of halogens is 1. The Hall–Kier alpha value is -3.48. The molecule has 9 heteroatoms. The van der Waals surface area contributed by atoms with Crippen molar-refractivity contribution in [2.75, 3.05) is 39.3 Å². The van der Waals surface area contributed by atoms with Crippen LogP contribution in [0.5, 0.6) is 5.75 Å². The molecule has 1 atom stereocenters. The van der Waals surface area contributed by atoms with Gasteiger partial charge in [0.15, 0.2) is 17.7 Å². The molecule has 3 rings (SSSR count). The number of aromatic nitrogens is 1. The van der Waals surface area contributed by atoms with Crippen LogP contribution in [-0.4, -0.2) is 56.4 Å². The molecule has 0 aliphatic carbocycles. The molecule has 2 aromatic rings. The highest BCUT2D eigenvalue weighted by Crippen LogP contribution is 2.30. The number of rotatable bonds is 6. The molecular formula is C21H23FN6O2. The van der Waals surface area contributed by atoms with E-state index in [1.54, 1.807) is 29.3 Å². The lowest BCUT2D eigenvalue weighted by atomic mass is 10.1. The van der Waals surface area contributed by atoms with E-state index in [0.29, 0.717) is 41.6 Å². The normalized spacial score (nSPS) is 16.0. The Labute approximate surface area is 174 Å². The van der Waals surface area contributed by atoms with Gasteiger partial charge >= 0.3 is 0 Å². The van der Waals surface area contributed by atoms with Gasteiger partial charge in [-0.2, -0.15) is 5.26 Å². The van der Waals surface area contributed by atoms with E-state index in [1.165, 1.54) is 25.4 Å². The molecule has 1 aromatic carbocycles. The van der Waals surface area contributed by atoms with E-state index in [-0.39, 0.29) is 11.5 Å². The molecule has 0 saturated carbocycles. The molecular weight excluding hydrogens is 387 g/mol. The number of benzene rings is 1. The van der Waals surface area contributed by atoms with Crippen LogP contribution in [0.1, 0.15) is 11.3 Å². The number of aliphatic imine (C=N–C) groups is 1. The summed E-state index contributed by atoms with van der Waals surface area (Å²) in [6, 6.07) is 9.83. The Kier molecular flexibility index (Phi) is 6.61. The summed E-state index contributed by atoms with van der Waals surface area (Å²) in [5.41, 5.74) is 8.13. The van der Waals surface area contributed by atoms with E-state index in [0.717, 1.165) is 0 Å². The minimum Gasteiger partial charge on any atom is -0.489 e. The summed E-state index contributed by atoms with van der Waals surface area (Å²) in [7, 11) is 5.34. The van der Waals surface area contributed by atoms with Gasteiger partial charge in [-0.3, -0.25) is 5.73 Å². The summed E-state index contributed by atoms with van der Waals surface area (Å²) in [6.07, 6.45) is 2.45. The summed E-state index contributed by atoms with van der Waals surface area (Å²) < 4.78 is 24.9. The number of pyridine rings is 1. The average molecular weight is 410 g/mol.